The normalized spacial score (nSPS) is 14.4. The molecule has 0 aliphatic rings. The van der Waals surface area contributed by atoms with Gasteiger partial charge in [-0.1, -0.05) is 0 Å². The fourth-order valence-electron chi connectivity index (χ4n) is 0.276. The summed E-state index contributed by atoms with van der Waals surface area (Å²) in [5.74, 6) is 0. The van der Waals surface area contributed by atoms with E-state index >= 15 is 0 Å². The topological polar surface area (TPSA) is 86.2 Å². The second kappa shape index (κ2) is 3.82. The van der Waals surface area contributed by atoms with Crippen molar-refractivity contribution in [3.8, 4) is 0 Å². The Morgan fingerprint density at radius 2 is 2.00 bits per heavy atom. The lowest BCUT2D eigenvalue weighted by atomic mass is 10.4. The van der Waals surface area contributed by atoms with E-state index in [1.54, 1.807) is 0 Å². The molecule has 0 saturated heterocycles. The van der Waals surface area contributed by atoms with Crippen LogP contribution in [0.4, 0.5) is 0 Å². The molecule has 1 atom stereocenters. The molecule has 0 amide bonds. The predicted molar refractivity (Wildman–Crippen MR) is 32.0 cm³/mol. The first-order valence-corrected chi connectivity index (χ1v) is 3.52. The lowest BCUT2D eigenvalue weighted by Gasteiger charge is -1.97. The van der Waals surface area contributed by atoms with Crippen LogP contribution in [0.15, 0.2) is 0 Å². The molecular formula is C3H10N2O2S. The Balaban J connectivity index is 3.48. The first-order valence-electron chi connectivity index (χ1n) is 2.27. The van der Waals surface area contributed by atoms with Gasteiger partial charge in [0.15, 0.2) is 10.7 Å². The van der Waals surface area contributed by atoms with Gasteiger partial charge >= 0.3 is 0 Å². The first-order chi connectivity index (χ1) is 3.68. The third-order valence-corrected chi connectivity index (χ3v) is 1.53. The van der Waals surface area contributed by atoms with Gasteiger partial charge in [-0.3, -0.25) is 0 Å². The quantitative estimate of drug-likeness (QED) is 0.403. The third kappa shape index (κ3) is 2.95. The highest BCUT2D eigenvalue weighted by Gasteiger charge is 2.00. The van der Waals surface area contributed by atoms with Crippen LogP contribution in [0.2, 0.25) is 0 Å². The molecule has 1 unspecified atom stereocenters. The smallest absolute Gasteiger partial charge is 0.155 e. The molecule has 0 bridgehead atoms. The van der Waals surface area contributed by atoms with Crippen molar-refractivity contribution >= 4 is 10.7 Å². The molecule has 0 aromatic carbocycles. The molecule has 0 aromatic rings. The maximum atomic E-state index is 9.95. The summed E-state index contributed by atoms with van der Waals surface area (Å²) in [4.78, 5) is 0. The van der Waals surface area contributed by atoms with Gasteiger partial charge in [-0.25, -0.2) is 8.42 Å². The zero-order valence-electron chi connectivity index (χ0n) is 4.41. The van der Waals surface area contributed by atoms with Crippen molar-refractivity contribution in [3.05, 3.63) is 0 Å². The monoisotopic (exact) mass is 138 g/mol. The molecule has 0 aliphatic heterocycles. The summed E-state index contributed by atoms with van der Waals surface area (Å²) in [7, 11) is -2.47. The van der Waals surface area contributed by atoms with Crippen LogP contribution in [-0.4, -0.2) is 20.3 Å². The highest BCUT2D eigenvalue weighted by atomic mass is 32.2. The minimum atomic E-state index is -2.47. The highest BCUT2D eigenvalue weighted by molar-refractivity contribution is 7.73. The number of nitrogens with two attached hydrogens (primary N) is 2. The second-order valence-electron chi connectivity index (χ2n) is 1.43. The summed E-state index contributed by atoms with van der Waals surface area (Å²) in [6.45, 7) is 0.324. The van der Waals surface area contributed by atoms with Crippen LogP contribution < -0.4 is 11.5 Å². The van der Waals surface area contributed by atoms with Crippen molar-refractivity contribution in [3.63, 3.8) is 0 Å². The van der Waals surface area contributed by atoms with E-state index in [9.17, 15) is 8.42 Å². The third-order valence-electron chi connectivity index (χ3n) is 0.733. The summed E-state index contributed by atoms with van der Waals surface area (Å²) < 4.78 is 19.9. The Bertz CT molecular complexity index is 114. The van der Waals surface area contributed by atoms with Gasteiger partial charge in [0.1, 0.15) is 5.37 Å². The maximum Gasteiger partial charge on any atom is 0.155 e. The molecule has 0 radical (unpaired) electrons. The molecular weight excluding hydrogens is 128 g/mol. The van der Waals surface area contributed by atoms with Crippen molar-refractivity contribution in [2.45, 2.75) is 11.8 Å². The molecule has 0 heterocycles. The van der Waals surface area contributed by atoms with Gasteiger partial charge in [0, 0.05) is 0 Å². The van der Waals surface area contributed by atoms with Crippen molar-refractivity contribution in [2.75, 3.05) is 6.54 Å². The maximum absolute atomic E-state index is 9.95. The standard InChI is InChI=1S/C3H10N2O2S/c4-2-1-3(5)8(6)7/h3,8H,1-2,4-5H2. The van der Waals surface area contributed by atoms with Crippen LogP contribution in [0, 0.1) is 0 Å². The van der Waals surface area contributed by atoms with Gasteiger partial charge in [0.2, 0.25) is 0 Å². The van der Waals surface area contributed by atoms with E-state index in [1.165, 1.54) is 0 Å². The summed E-state index contributed by atoms with van der Waals surface area (Å²) in [6.07, 6.45) is 0.346. The molecule has 0 fully saturated rings. The lowest BCUT2D eigenvalue weighted by Crippen LogP contribution is -2.24. The van der Waals surface area contributed by atoms with Gasteiger partial charge in [-0.05, 0) is 13.0 Å². The lowest BCUT2D eigenvalue weighted by molar-refractivity contribution is 0.594. The van der Waals surface area contributed by atoms with Crippen LogP contribution in [0.25, 0.3) is 0 Å². The van der Waals surface area contributed by atoms with Gasteiger partial charge < -0.3 is 11.5 Å². The Labute approximate surface area is 49.8 Å². The van der Waals surface area contributed by atoms with Gasteiger partial charge in [0.25, 0.3) is 0 Å². The second-order valence-corrected chi connectivity index (χ2v) is 2.66. The van der Waals surface area contributed by atoms with E-state index in [4.69, 9.17) is 11.5 Å². The number of rotatable bonds is 3. The number of hydrogen-bond donors (Lipinski definition) is 3. The summed E-state index contributed by atoms with van der Waals surface area (Å²) in [6, 6.07) is 0. The van der Waals surface area contributed by atoms with Crippen LogP contribution >= 0.6 is 0 Å². The van der Waals surface area contributed by atoms with E-state index in [2.05, 4.69) is 0 Å². The minimum Gasteiger partial charge on any atom is -0.330 e. The summed E-state index contributed by atoms with van der Waals surface area (Å²) in [5, 5.41) is -0.755. The van der Waals surface area contributed by atoms with Crippen LogP contribution in [0.1, 0.15) is 6.42 Å². The first kappa shape index (κ1) is 7.87. The predicted octanol–water partition coefficient (Wildman–Crippen LogP) is -1.77. The molecule has 0 saturated carbocycles. The zero-order chi connectivity index (χ0) is 6.57. The zero-order valence-corrected chi connectivity index (χ0v) is 5.30. The summed E-state index contributed by atoms with van der Waals surface area (Å²) in [5.41, 5.74) is 10.1. The Morgan fingerprint density at radius 3 is 2.12 bits per heavy atom. The highest BCUT2D eigenvalue weighted by Crippen LogP contribution is 1.82. The molecule has 4 N–H and O–H groups in total. The number of hydrogen-bond acceptors (Lipinski definition) is 4. The molecule has 0 aliphatic carbocycles. The van der Waals surface area contributed by atoms with E-state index in [0.29, 0.717) is 13.0 Å². The van der Waals surface area contributed by atoms with Crippen molar-refractivity contribution in [2.24, 2.45) is 11.5 Å². The van der Waals surface area contributed by atoms with Gasteiger partial charge in [0.05, 0.1) is 0 Å². The van der Waals surface area contributed by atoms with E-state index < -0.39 is 16.1 Å². The Hall–Kier alpha value is -0.130. The molecule has 5 heteroatoms. The molecule has 0 rings (SSSR count). The molecule has 0 aromatic heterocycles. The fraction of sp³-hybridized carbons (Fsp3) is 1.00. The SMILES string of the molecule is NCCC(N)[SH](=O)=O. The number of thiol groups is 1. The molecule has 4 nitrogen and oxygen atoms in total. The fourth-order valence-corrected chi connectivity index (χ4v) is 0.636. The Kier molecular flexibility index (Phi) is 3.76. The van der Waals surface area contributed by atoms with E-state index in [-0.39, 0.29) is 0 Å². The van der Waals surface area contributed by atoms with Crippen molar-refractivity contribution in [1.29, 1.82) is 0 Å². The summed E-state index contributed by atoms with van der Waals surface area (Å²) >= 11 is 0. The van der Waals surface area contributed by atoms with Crippen LogP contribution in [0.5, 0.6) is 0 Å². The average molecular weight is 138 g/mol. The minimum absolute atomic E-state index is 0.324. The van der Waals surface area contributed by atoms with E-state index in [1.807, 2.05) is 0 Å². The van der Waals surface area contributed by atoms with Crippen molar-refractivity contribution in [1.82, 2.24) is 0 Å². The van der Waals surface area contributed by atoms with Crippen molar-refractivity contribution < 1.29 is 8.42 Å². The largest absolute Gasteiger partial charge is 0.330 e. The van der Waals surface area contributed by atoms with Crippen LogP contribution in [0.3, 0.4) is 0 Å². The molecule has 8 heavy (non-hydrogen) atoms. The molecule has 50 valence electrons. The van der Waals surface area contributed by atoms with Gasteiger partial charge in [-0.15, -0.1) is 0 Å². The average Bonchev–Trinajstić information content (AvgIpc) is 1.67. The van der Waals surface area contributed by atoms with Crippen LogP contribution in [-0.2, 0) is 10.7 Å². The Morgan fingerprint density at radius 1 is 1.50 bits per heavy atom. The van der Waals surface area contributed by atoms with E-state index in [0.717, 1.165) is 0 Å². The molecule has 0 spiro atoms. The van der Waals surface area contributed by atoms with Gasteiger partial charge in [-0.2, -0.15) is 0 Å².